The second-order valence-corrected chi connectivity index (χ2v) is 5.70. The van der Waals surface area contributed by atoms with Gasteiger partial charge in [0.05, 0.1) is 6.61 Å². The summed E-state index contributed by atoms with van der Waals surface area (Å²) in [4.78, 5) is 0. The Kier molecular flexibility index (Phi) is 3.77. The summed E-state index contributed by atoms with van der Waals surface area (Å²) in [6.07, 6.45) is 5.77. The maximum atomic E-state index is 8.89. The van der Waals surface area contributed by atoms with Crippen LogP contribution in [0.5, 0.6) is 0 Å². The summed E-state index contributed by atoms with van der Waals surface area (Å²) < 4.78 is 0. The molecule has 0 heterocycles. The number of hydrogen-bond acceptors (Lipinski definition) is 1. The van der Waals surface area contributed by atoms with Crippen LogP contribution in [0.15, 0.2) is 11.6 Å². The Morgan fingerprint density at radius 1 is 1.43 bits per heavy atom. The minimum absolute atomic E-state index is 0.208. The van der Waals surface area contributed by atoms with E-state index in [-0.39, 0.29) is 6.61 Å². The van der Waals surface area contributed by atoms with Gasteiger partial charge in [-0.15, -0.1) is 0 Å². The van der Waals surface area contributed by atoms with E-state index >= 15 is 0 Å². The normalized spacial score (nSPS) is 32.2. The number of allylic oxidation sites excluding steroid dienone is 1. The van der Waals surface area contributed by atoms with E-state index in [1.165, 1.54) is 24.8 Å². The smallest absolute Gasteiger partial charge is 0.0615 e. The third-order valence-corrected chi connectivity index (χ3v) is 3.63. The van der Waals surface area contributed by atoms with E-state index in [9.17, 15) is 0 Å². The molecule has 0 bridgehead atoms. The molecule has 0 amide bonds. The summed E-state index contributed by atoms with van der Waals surface area (Å²) in [5.74, 6) is 1.51. The monoisotopic (exact) mass is 196 g/mol. The van der Waals surface area contributed by atoms with Crippen molar-refractivity contribution in [2.45, 2.75) is 47.0 Å². The van der Waals surface area contributed by atoms with Crippen LogP contribution >= 0.6 is 0 Å². The minimum atomic E-state index is 0.208. The van der Waals surface area contributed by atoms with Gasteiger partial charge in [0.1, 0.15) is 0 Å². The quantitative estimate of drug-likeness (QED) is 0.637. The Bertz CT molecular complexity index is 210. The maximum absolute atomic E-state index is 8.89. The Morgan fingerprint density at radius 2 is 2.07 bits per heavy atom. The van der Waals surface area contributed by atoms with Crippen molar-refractivity contribution in [1.29, 1.82) is 0 Å². The van der Waals surface area contributed by atoms with Crippen molar-refractivity contribution in [3.8, 4) is 0 Å². The molecule has 1 nitrogen and oxygen atoms in total. The summed E-state index contributed by atoms with van der Waals surface area (Å²) in [6.45, 7) is 9.51. The Hall–Kier alpha value is -0.300. The summed E-state index contributed by atoms with van der Waals surface area (Å²) in [5.41, 5.74) is 1.91. The fourth-order valence-corrected chi connectivity index (χ4v) is 2.49. The van der Waals surface area contributed by atoms with E-state index in [0.717, 1.165) is 5.92 Å². The van der Waals surface area contributed by atoms with E-state index in [4.69, 9.17) is 5.11 Å². The summed E-state index contributed by atoms with van der Waals surface area (Å²) >= 11 is 0. The van der Waals surface area contributed by atoms with Gasteiger partial charge < -0.3 is 5.11 Å². The van der Waals surface area contributed by atoms with Crippen LogP contribution in [0, 0.1) is 17.3 Å². The Labute approximate surface area is 88.2 Å². The summed E-state index contributed by atoms with van der Waals surface area (Å²) in [5, 5.41) is 8.89. The maximum Gasteiger partial charge on any atom is 0.0615 e. The van der Waals surface area contributed by atoms with Crippen molar-refractivity contribution in [2.24, 2.45) is 17.3 Å². The van der Waals surface area contributed by atoms with Crippen molar-refractivity contribution < 1.29 is 5.11 Å². The molecule has 0 aliphatic heterocycles. The van der Waals surface area contributed by atoms with Gasteiger partial charge in [0, 0.05) is 0 Å². The lowest BCUT2D eigenvalue weighted by atomic mass is 9.68. The van der Waals surface area contributed by atoms with Crippen molar-refractivity contribution in [2.75, 3.05) is 6.61 Å². The molecule has 1 aliphatic rings. The lowest BCUT2D eigenvalue weighted by Crippen LogP contribution is -2.27. The molecule has 1 N–H and O–H groups in total. The number of aliphatic hydroxyl groups is 1. The topological polar surface area (TPSA) is 20.2 Å². The number of hydrogen-bond donors (Lipinski definition) is 1. The first-order chi connectivity index (χ1) is 6.45. The van der Waals surface area contributed by atoms with Gasteiger partial charge in [-0.1, -0.05) is 39.3 Å². The number of aliphatic hydroxyl groups excluding tert-OH is 1. The predicted molar refractivity (Wildman–Crippen MR) is 61.1 cm³/mol. The van der Waals surface area contributed by atoms with Crippen LogP contribution in [0.1, 0.15) is 47.0 Å². The standard InChI is InChI=1S/C13H24O/c1-10-9-12(13(2,3)4)6-5-11(10)7-8-14/h7,10,12,14H,5-6,8-9H2,1-4H3/b11-7+/t10-,12-/m1/s1. The van der Waals surface area contributed by atoms with Gasteiger partial charge in [-0.25, -0.2) is 0 Å². The highest BCUT2D eigenvalue weighted by Gasteiger charge is 2.30. The first-order valence-electron chi connectivity index (χ1n) is 5.75. The molecule has 1 fully saturated rings. The van der Waals surface area contributed by atoms with E-state index in [2.05, 4.69) is 27.7 Å². The van der Waals surface area contributed by atoms with Crippen LogP contribution in [0.2, 0.25) is 0 Å². The fraction of sp³-hybridized carbons (Fsp3) is 0.846. The highest BCUT2D eigenvalue weighted by Crippen LogP contribution is 2.42. The molecule has 0 aromatic rings. The minimum Gasteiger partial charge on any atom is -0.392 e. The second-order valence-electron chi connectivity index (χ2n) is 5.70. The van der Waals surface area contributed by atoms with Crippen molar-refractivity contribution in [1.82, 2.24) is 0 Å². The molecule has 1 aliphatic carbocycles. The SMILES string of the molecule is C[C@@H]1C[C@H](C(C)(C)C)CC/C1=C\CO. The molecule has 1 saturated carbocycles. The average molecular weight is 196 g/mol. The largest absolute Gasteiger partial charge is 0.392 e. The fourth-order valence-electron chi connectivity index (χ4n) is 2.49. The lowest BCUT2D eigenvalue weighted by molar-refractivity contribution is 0.173. The van der Waals surface area contributed by atoms with Gasteiger partial charge in [0.15, 0.2) is 0 Å². The van der Waals surface area contributed by atoms with Crippen LogP contribution in [-0.2, 0) is 0 Å². The molecule has 2 atom stereocenters. The summed E-state index contributed by atoms with van der Waals surface area (Å²) in [6, 6.07) is 0. The Morgan fingerprint density at radius 3 is 2.50 bits per heavy atom. The van der Waals surface area contributed by atoms with E-state index in [1.807, 2.05) is 6.08 Å². The van der Waals surface area contributed by atoms with Crippen LogP contribution in [0.4, 0.5) is 0 Å². The molecule has 0 aromatic carbocycles. The van der Waals surface area contributed by atoms with Crippen molar-refractivity contribution >= 4 is 0 Å². The molecule has 0 unspecified atom stereocenters. The first-order valence-corrected chi connectivity index (χ1v) is 5.75. The number of rotatable bonds is 1. The van der Waals surface area contributed by atoms with Crippen LogP contribution in [-0.4, -0.2) is 11.7 Å². The van der Waals surface area contributed by atoms with E-state index < -0.39 is 0 Å². The molecule has 1 rings (SSSR count). The van der Waals surface area contributed by atoms with E-state index in [1.54, 1.807) is 0 Å². The zero-order chi connectivity index (χ0) is 10.8. The molecule has 14 heavy (non-hydrogen) atoms. The zero-order valence-electron chi connectivity index (χ0n) is 10.0. The predicted octanol–water partition coefficient (Wildman–Crippen LogP) is 3.39. The molecule has 0 aromatic heterocycles. The van der Waals surface area contributed by atoms with Crippen LogP contribution < -0.4 is 0 Å². The molecule has 82 valence electrons. The van der Waals surface area contributed by atoms with Gasteiger partial charge >= 0.3 is 0 Å². The summed E-state index contributed by atoms with van der Waals surface area (Å²) in [7, 11) is 0. The zero-order valence-corrected chi connectivity index (χ0v) is 10.0. The van der Waals surface area contributed by atoms with Crippen LogP contribution in [0.3, 0.4) is 0 Å². The molecule has 0 saturated heterocycles. The van der Waals surface area contributed by atoms with Crippen molar-refractivity contribution in [3.63, 3.8) is 0 Å². The highest BCUT2D eigenvalue weighted by atomic mass is 16.2. The van der Waals surface area contributed by atoms with Gasteiger partial charge in [0.25, 0.3) is 0 Å². The highest BCUT2D eigenvalue weighted by molar-refractivity contribution is 5.10. The third-order valence-electron chi connectivity index (χ3n) is 3.63. The molecule has 0 radical (unpaired) electrons. The Balaban J connectivity index is 2.60. The molecule has 1 heteroatoms. The van der Waals surface area contributed by atoms with Gasteiger partial charge in [-0.05, 0) is 36.5 Å². The third kappa shape index (κ3) is 2.84. The van der Waals surface area contributed by atoms with Crippen LogP contribution in [0.25, 0.3) is 0 Å². The molecule has 0 spiro atoms. The first kappa shape index (κ1) is 11.8. The van der Waals surface area contributed by atoms with Gasteiger partial charge in [0.2, 0.25) is 0 Å². The van der Waals surface area contributed by atoms with E-state index in [0.29, 0.717) is 11.3 Å². The lowest BCUT2D eigenvalue weighted by Gasteiger charge is -2.38. The second kappa shape index (κ2) is 4.48. The van der Waals surface area contributed by atoms with Gasteiger partial charge in [-0.3, -0.25) is 0 Å². The van der Waals surface area contributed by atoms with Gasteiger partial charge in [-0.2, -0.15) is 0 Å². The average Bonchev–Trinajstić information content (AvgIpc) is 2.07. The molecular weight excluding hydrogens is 172 g/mol. The molecular formula is C13H24O. The van der Waals surface area contributed by atoms with Crippen molar-refractivity contribution in [3.05, 3.63) is 11.6 Å².